The van der Waals surface area contributed by atoms with E-state index in [1.807, 2.05) is 24.3 Å². The highest BCUT2D eigenvalue weighted by Crippen LogP contribution is 2.29. The largest absolute Gasteiger partial charge is 0.452 e. The number of rotatable bonds is 0. The zero-order valence-electron chi connectivity index (χ0n) is 8.75. The number of nitriles is 1. The molecule has 0 fully saturated rings. The summed E-state index contributed by atoms with van der Waals surface area (Å²) >= 11 is 0. The third-order valence-electron chi connectivity index (χ3n) is 2.49. The molecule has 1 aromatic carbocycles. The average Bonchev–Trinajstić information content (AvgIpc) is 2.36. The molecule has 0 aliphatic carbocycles. The Morgan fingerprint density at radius 3 is 2.94 bits per heavy atom. The van der Waals surface area contributed by atoms with Crippen molar-refractivity contribution in [2.45, 2.75) is 6.04 Å². The predicted molar refractivity (Wildman–Crippen MR) is 58.1 cm³/mol. The molecule has 1 amide bonds. The lowest BCUT2D eigenvalue weighted by Crippen LogP contribution is -2.31. The fourth-order valence-corrected chi connectivity index (χ4v) is 1.71. The second-order valence-corrected chi connectivity index (χ2v) is 3.35. The van der Waals surface area contributed by atoms with Crippen LogP contribution in [0.5, 0.6) is 0 Å². The molecule has 4 nitrogen and oxygen atoms in total. The summed E-state index contributed by atoms with van der Waals surface area (Å²) in [5.74, 6) is 0. The van der Waals surface area contributed by atoms with Crippen molar-refractivity contribution in [2.24, 2.45) is 0 Å². The molecule has 16 heavy (non-hydrogen) atoms. The van der Waals surface area contributed by atoms with E-state index >= 15 is 0 Å². The van der Waals surface area contributed by atoms with Crippen molar-refractivity contribution in [2.75, 3.05) is 7.11 Å². The summed E-state index contributed by atoms with van der Waals surface area (Å²) in [6, 6.07) is 8.97. The summed E-state index contributed by atoms with van der Waals surface area (Å²) in [6.45, 7) is 0. The minimum atomic E-state index is -0.617. The molecule has 0 saturated carbocycles. The molecule has 1 aliphatic heterocycles. The van der Waals surface area contributed by atoms with E-state index < -0.39 is 12.1 Å². The van der Waals surface area contributed by atoms with E-state index in [1.54, 1.807) is 12.3 Å². The maximum atomic E-state index is 11.4. The average molecular weight is 214 g/mol. The molecule has 0 N–H and O–H groups in total. The monoisotopic (exact) mass is 214 g/mol. The molecule has 0 saturated heterocycles. The molecule has 1 aliphatic rings. The normalized spacial score (nSPS) is 17.5. The first-order chi connectivity index (χ1) is 7.77. The van der Waals surface area contributed by atoms with Crippen LogP contribution < -0.4 is 0 Å². The Bertz CT molecular complexity index is 488. The molecule has 1 atom stereocenters. The molecule has 1 unspecified atom stereocenters. The molecule has 2 rings (SSSR count). The van der Waals surface area contributed by atoms with Crippen LogP contribution >= 0.6 is 0 Å². The smallest absolute Gasteiger partial charge is 0.414 e. The number of hydrogen-bond acceptors (Lipinski definition) is 3. The topological polar surface area (TPSA) is 53.3 Å². The van der Waals surface area contributed by atoms with Crippen molar-refractivity contribution >= 4 is 12.2 Å². The van der Waals surface area contributed by atoms with Crippen LogP contribution in [-0.4, -0.2) is 18.1 Å². The Morgan fingerprint density at radius 2 is 2.25 bits per heavy atom. The second-order valence-electron chi connectivity index (χ2n) is 3.35. The van der Waals surface area contributed by atoms with Crippen molar-refractivity contribution < 1.29 is 9.53 Å². The molecule has 0 bridgehead atoms. The van der Waals surface area contributed by atoms with Crippen molar-refractivity contribution in [3.8, 4) is 6.07 Å². The van der Waals surface area contributed by atoms with Crippen molar-refractivity contribution in [1.82, 2.24) is 4.90 Å². The van der Waals surface area contributed by atoms with Crippen LogP contribution in [-0.2, 0) is 4.74 Å². The van der Waals surface area contributed by atoms with E-state index in [-0.39, 0.29) is 0 Å². The summed E-state index contributed by atoms with van der Waals surface area (Å²) in [6.07, 6.45) is 2.83. The lowest BCUT2D eigenvalue weighted by molar-refractivity contribution is 0.133. The first kappa shape index (κ1) is 10.2. The van der Waals surface area contributed by atoms with Gasteiger partial charge >= 0.3 is 6.09 Å². The zero-order valence-corrected chi connectivity index (χ0v) is 8.75. The molecule has 4 heteroatoms. The molecule has 0 spiro atoms. The van der Waals surface area contributed by atoms with Gasteiger partial charge in [-0.15, -0.1) is 0 Å². The third kappa shape index (κ3) is 1.52. The van der Waals surface area contributed by atoms with E-state index in [1.165, 1.54) is 12.0 Å². The van der Waals surface area contributed by atoms with Gasteiger partial charge in [0.15, 0.2) is 6.04 Å². The Morgan fingerprint density at radius 1 is 1.50 bits per heavy atom. The minimum Gasteiger partial charge on any atom is -0.452 e. The van der Waals surface area contributed by atoms with Gasteiger partial charge in [-0.1, -0.05) is 24.3 Å². The summed E-state index contributed by atoms with van der Waals surface area (Å²) in [5.41, 5.74) is 1.77. The van der Waals surface area contributed by atoms with E-state index in [0.717, 1.165) is 11.1 Å². The van der Waals surface area contributed by atoms with Crippen LogP contribution in [0, 0.1) is 11.3 Å². The van der Waals surface area contributed by atoms with E-state index in [4.69, 9.17) is 5.26 Å². The molecule has 0 radical (unpaired) electrons. The third-order valence-corrected chi connectivity index (χ3v) is 2.49. The highest BCUT2D eigenvalue weighted by atomic mass is 16.5. The van der Waals surface area contributed by atoms with Crippen LogP contribution in [0.1, 0.15) is 17.2 Å². The maximum Gasteiger partial charge on any atom is 0.414 e. The van der Waals surface area contributed by atoms with Gasteiger partial charge in [0, 0.05) is 6.20 Å². The van der Waals surface area contributed by atoms with Gasteiger partial charge in [-0.2, -0.15) is 5.26 Å². The number of amides is 1. The van der Waals surface area contributed by atoms with Gasteiger partial charge in [-0.25, -0.2) is 4.79 Å². The molecular formula is C12H10N2O2. The molecule has 80 valence electrons. The van der Waals surface area contributed by atoms with Gasteiger partial charge < -0.3 is 4.74 Å². The maximum absolute atomic E-state index is 11.4. The van der Waals surface area contributed by atoms with Crippen molar-refractivity contribution in [3.63, 3.8) is 0 Å². The van der Waals surface area contributed by atoms with Crippen molar-refractivity contribution in [1.29, 1.82) is 5.26 Å². The van der Waals surface area contributed by atoms with Crippen molar-refractivity contribution in [3.05, 3.63) is 41.6 Å². The van der Waals surface area contributed by atoms with Gasteiger partial charge in [-0.3, -0.25) is 4.90 Å². The number of nitrogens with zero attached hydrogens (tertiary/aromatic N) is 2. The second kappa shape index (κ2) is 4.07. The molecular weight excluding hydrogens is 204 g/mol. The zero-order chi connectivity index (χ0) is 11.5. The molecule has 1 aromatic rings. The number of ether oxygens (including phenoxy) is 1. The SMILES string of the molecule is COC(=O)N1C=Cc2ccccc2C1C#N. The van der Waals surface area contributed by atoms with Crippen LogP contribution in [0.2, 0.25) is 0 Å². The summed E-state index contributed by atoms with van der Waals surface area (Å²) in [7, 11) is 1.30. The Labute approximate surface area is 93.4 Å². The lowest BCUT2D eigenvalue weighted by Gasteiger charge is -2.27. The molecule has 1 heterocycles. The first-order valence-electron chi connectivity index (χ1n) is 4.81. The van der Waals surface area contributed by atoms with Crippen LogP contribution in [0.25, 0.3) is 6.08 Å². The van der Waals surface area contributed by atoms with Gasteiger partial charge in [0.05, 0.1) is 13.2 Å². The summed E-state index contributed by atoms with van der Waals surface area (Å²) in [4.78, 5) is 12.7. The highest BCUT2D eigenvalue weighted by Gasteiger charge is 2.28. The highest BCUT2D eigenvalue weighted by molar-refractivity contribution is 5.74. The fraction of sp³-hybridized carbons (Fsp3) is 0.167. The number of methoxy groups -OCH3 is 1. The van der Waals surface area contributed by atoms with Crippen LogP contribution in [0.3, 0.4) is 0 Å². The van der Waals surface area contributed by atoms with Crippen LogP contribution in [0.15, 0.2) is 30.5 Å². The van der Waals surface area contributed by atoms with E-state index in [9.17, 15) is 4.79 Å². The number of benzene rings is 1. The van der Waals surface area contributed by atoms with E-state index in [2.05, 4.69) is 10.8 Å². The quantitative estimate of drug-likeness (QED) is 0.665. The summed E-state index contributed by atoms with van der Waals surface area (Å²) < 4.78 is 4.62. The number of carbonyl (C=O) groups is 1. The minimum absolute atomic E-state index is 0.530. The standard InChI is InChI=1S/C12H10N2O2/c1-16-12(15)14-7-6-9-4-2-3-5-10(9)11(14)8-13/h2-7,11H,1H3. The number of carbonyl (C=O) groups excluding carboxylic acids is 1. The number of fused-ring (bicyclic) bond motifs is 1. The fourth-order valence-electron chi connectivity index (χ4n) is 1.71. The Hall–Kier alpha value is -2.28. The van der Waals surface area contributed by atoms with Gasteiger partial charge in [0.1, 0.15) is 0 Å². The number of hydrogen-bond donors (Lipinski definition) is 0. The van der Waals surface area contributed by atoms with E-state index in [0.29, 0.717) is 0 Å². The lowest BCUT2D eigenvalue weighted by atomic mass is 9.97. The van der Waals surface area contributed by atoms with Gasteiger partial charge in [0.2, 0.25) is 0 Å². The predicted octanol–water partition coefficient (Wildman–Crippen LogP) is 2.30. The van der Waals surface area contributed by atoms with Gasteiger partial charge in [-0.05, 0) is 17.2 Å². The Kier molecular flexibility index (Phi) is 2.61. The first-order valence-corrected chi connectivity index (χ1v) is 4.81. The Balaban J connectivity index is 2.45. The molecule has 0 aromatic heterocycles. The summed E-state index contributed by atoms with van der Waals surface area (Å²) in [5, 5.41) is 9.12. The van der Waals surface area contributed by atoms with Gasteiger partial charge in [0.25, 0.3) is 0 Å². The van der Waals surface area contributed by atoms with Crippen LogP contribution in [0.4, 0.5) is 4.79 Å².